The van der Waals surface area contributed by atoms with Crippen LogP contribution in [0, 0.1) is 0 Å². The molecule has 0 saturated heterocycles. The van der Waals surface area contributed by atoms with Crippen molar-refractivity contribution < 1.29 is 13.6 Å². The summed E-state index contributed by atoms with van der Waals surface area (Å²) in [4.78, 5) is 10.5. The maximum absolute atomic E-state index is 12.8. The second kappa shape index (κ2) is 3.61. The van der Waals surface area contributed by atoms with E-state index in [2.05, 4.69) is 5.32 Å². The zero-order chi connectivity index (χ0) is 10.8. The lowest BCUT2D eigenvalue weighted by Gasteiger charge is -2.11. The molecule has 1 aromatic carbocycles. The van der Waals surface area contributed by atoms with E-state index in [1.165, 1.54) is 24.3 Å². The molecule has 0 aliphatic rings. The Morgan fingerprint density at radius 3 is 2.64 bits per heavy atom. The molecule has 0 saturated carbocycles. The maximum atomic E-state index is 12.8. The molecule has 0 aliphatic carbocycles. The van der Waals surface area contributed by atoms with E-state index < -0.39 is 12.0 Å². The number of hydrogen-bond acceptors (Lipinski definition) is 1. The van der Waals surface area contributed by atoms with Gasteiger partial charge >= 0.3 is 6.03 Å². The van der Waals surface area contributed by atoms with Gasteiger partial charge in [0.25, 0.3) is 5.92 Å². The fourth-order valence-electron chi connectivity index (χ4n) is 1.01. The molecule has 0 unspecified atom stereocenters. The monoisotopic (exact) mass is 200 g/mol. The van der Waals surface area contributed by atoms with Crippen LogP contribution in [0.5, 0.6) is 0 Å². The molecule has 3 N–H and O–H groups in total. The largest absolute Gasteiger partial charge is 0.351 e. The third-order valence-corrected chi connectivity index (χ3v) is 1.64. The highest BCUT2D eigenvalue weighted by Gasteiger charge is 2.24. The number of halogens is 2. The van der Waals surface area contributed by atoms with Gasteiger partial charge in [-0.3, -0.25) is 0 Å². The van der Waals surface area contributed by atoms with E-state index in [-0.39, 0.29) is 11.3 Å². The van der Waals surface area contributed by atoms with Gasteiger partial charge in [0.2, 0.25) is 0 Å². The van der Waals surface area contributed by atoms with Crippen LogP contribution in [-0.4, -0.2) is 6.03 Å². The highest BCUT2D eigenvalue weighted by molar-refractivity contribution is 5.87. The van der Waals surface area contributed by atoms with Crippen LogP contribution in [0.15, 0.2) is 24.3 Å². The topological polar surface area (TPSA) is 55.1 Å². The molecular weight excluding hydrogens is 190 g/mol. The number of anilines is 1. The van der Waals surface area contributed by atoms with Gasteiger partial charge in [0.05, 0.1) is 0 Å². The molecule has 2 amide bonds. The van der Waals surface area contributed by atoms with E-state index in [0.717, 1.165) is 6.92 Å². The van der Waals surface area contributed by atoms with Crippen molar-refractivity contribution >= 4 is 11.7 Å². The van der Waals surface area contributed by atoms with Crippen molar-refractivity contribution in [3.05, 3.63) is 29.8 Å². The first-order valence-electron chi connectivity index (χ1n) is 3.94. The molecule has 1 aromatic rings. The van der Waals surface area contributed by atoms with Crippen molar-refractivity contribution in [3.63, 3.8) is 0 Å². The summed E-state index contributed by atoms with van der Waals surface area (Å²) in [6.45, 7) is 0.788. The molecule has 1 rings (SSSR count). The first-order valence-corrected chi connectivity index (χ1v) is 3.94. The SMILES string of the molecule is CC(F)(F)c1cccc(NC(N)=O)c1. The Hall–Kier alpha value is -1.65. The third kappa shape index (κ3) is 2.69. The van der Waals surface area contributed by atoms with Crippen LogP contribution in [0.3, 0.4) is 0 Å². The van der Waals surface area contributed by atoms with Gasteiger partial charge < -0.3 is 11.1 Å². The van der Waals surface area contributed by atoms with Crippen molar-refractivity contribution in [3.8, 4) is 0 Å². The van der Waals surface area contributed by atoms with E-state index >= 15 is 0 Å². The molecule has 0 bridgehead atoms. The molecule has 0 heterocycles. The maximum Gasteiger partial charge on any atom is 0.316 e. The van der Waals surface area contributed by atoms with Crippen LogP contribution in [0.1, 0.15) is 12.5 Å². The fourth-order valence-corrected chi connectivity index (χ4v) is 1.01. The highest BCUT2D eigenvalue weighted by Crippen LogP contribution is 2.28. The smallest absolute Gasteiger partial charge is 0.316 e. The van der Waals surface area contributed by atoms with Crippen molar-refractivity contribution in [2.45, 2.75) is 12.8 Å². The summed E-state index contributed by atoms with van der Waals surface area (Å²) < 4.78 is 25.7. The Morgan fingerprint density at radius 2 is 2.14 bits per heavy atom. The number of primary amides is 1. The Kier molecular flexibility index (Phi) is 2.69. The van der Waals surface area contributed by atoms with E-state index in [0.29, 0.717) is 0 Å². The zero-order valence-corrected chi connectivity index (χ0v) is 7.55. The highest BCUT2D eigenvalue weighted by atomic mass is 19.3. The van der Waals surface area contributed by atoms with Crippen LogP contribution in [0.4, 0.5) is 19.3 Å². The fraction of sp³-hybridized carbons (Fsp3) is 0.222. The molecule has 0 aliphatic heterocycles. The minimum absolute atomic E-state index is 0.163. The molecule has 0 spiro atoms. The van der Waals surface area contributed by atoms with Gasteiger partial charge in [0.15, 0.2) is 0 Å². The first kappa shape index (κ1) is 10.4. The van der Waals surface area contributed by atoms with Crippen LogP contribution < -0.4 is 11.1 Å². The van der Waals surface area contributed by atoms with Crippen molar-refractivity contribution in [1.82, 2.24) is 0 Å². The molecule has 0 atom stereocenters. The van der Waals surface area contributed by atoms with Gasteiger partial charge in [-0.2, -0.15) is 0 Å². The summed E-state index contributed by atoms with van der Waals surface area (Å²) in [7, 11) is 0. The van der Waals surface area contributed by atoms with Gasteiger partial charge in [-0.1, -0.05) is 12.1 Å². The number of rotatable bonds is 2. The molecule has 0 aromatic heterocycles. The second-order valence-corrected chi connectivity index (χ2v) is 2.96. The Morgan fingerprint density at radius 1 is 1.50 bits per heavy atom. The lowest BCUT2D eigenvalue weighted by Crippen LogP contribution is -2.19. The van der Waals surface area contributed by atoms with Crippen molar-refractivity contribution in [2.24, 2.45) is 5.73 Å². The van der Waals surface area contributed by atoms with Crippen molar-refractivity contribution in [2.75, 3.05) is 5.32 Å². The number of carbonyl (C=O) groups excluding carboxylic acids is 1. The molecule has 3 nitrogen and oxygen atoms in total. The number of alkyl halides is 2. The number of nitrogens with two attached hydrogens (primary N) is 1. The predicted octanol–water partition coefficient (Wildman–Crippen LogP) is 2.29. The number of benzene rings is 1. The number of nitrogens with one attached hydrogen (secondary N) is 1. The van der Waals surface area contributed by atoms with E-state index in [1.807, 2.05) is 0 Å². The number of urea groups is 1. The number of hydrogen-bond donors (Lipinski definition) is 2. The minimum atomic E-state index is -2.92. The molecule has 5 heteroatoms. The van der Waals surface area contributed by atoms with E-state index in [9.17, 15) is 13.6 Å². The second-order valence-electron chi connectivity index (χ2n) is 2.96. The first-order chi connectivity index (χ1) is 6.39. The minimum Gasteiger partial charge on any atom is -0.351 e. The quantitative estimate of drug-likeness (QED) is 0.756. The Bertz CT molecular complexity index is 347. The average molecular weight is 200 g/mol. The number of amides is 2. The third-order valence-electron chi connectivity index (χ3n) is 1.64. The predicted molar refractivity (Wildman–Crippen MR) is 49.2 cm³/mol. The summed E-state index contributed by atoms with van der Waals surface area (Å²) in [5.41, 5.74) is 4.94. The standard InChI is InChI=1S/C9H10F2N2O/c1-9(10,11)6-3-2-4-7(5-6)13-8(12)14/h2-5H,1H3,(H3,12,13,14). The van der Waals surface area contributed by atoms with Crippen LogP contribution in [0.2, 0.25) is 0 Å². The van der Waals surface area contributed by atoms with Gasteiger partial charge in [-0.15, -0.1) is 0 Å². The van der Waals surface area contributed by atoms with Gasteiger partial charge in [-0.25, -0.2) is 13.6 Å². The lowest BCUT2D eigenvalue weighted by atomic mass is 10.1. The van der Waals surface area contributed by atoms with Gasteiger partial charge in [-0.05, 0) is 12.1 Å². The Balaban J connectivity index is 2.95. The number of carbonyl (C=O) groups is 1. The van der Waals surface area contributed by atoms with E-state index in [1.54, 1.807) is 0 Å². The Labute approximate surface area is 79.9 Å². The van der Waals surface area contributed by atoms with Crippen LogP contribution in [0.25, 0.3) is 0 Å². The summed E-state index contributed by atoms with van der Waals surface area (Å²) in [5.74, 6) is -2.92. The summed E-state index contributed by atoms with van der Waals surface area (Å²) in [5, 5.41) is 2.22. The molecular formula is C9H10F2N2O. The average Bonchev–Trinajstić information content (AvgIpc) is 2.01. The summed E-state index contributed by atoms with van der Waals surface area (Å²) in [6.07, 6.45) is 0. The van der Waals surface area contributed by atoms with Crippen molar-refractivity contribution in [1.29, 1.82) is 0 Å². The summed E-state index contributed by atoms with van der Waals surface area (Å²) >= 11 is 0. The molecule has 14 heavy (non-hydrogen) atoms. The normalized spacial score (nSPS) is 11.1. The van der Waals surface area contributed by atoms with Crippen LogP contribution in [-0.2, 0) is 5.92 Å². The zero-order valence-electron chi connectivity index (χ0n) is 7.55. The molecule has 76 valence electrons. The van der Waals surface area contributed by atoms with Crippen LogP contribution >= 0.6 is 0 Å². The van der Waals surface area contributed by atoms with E-state index in [4.69, 9.17) is 5.73 Å². The summed E-state index contributed by atoms with van der Waals surface area (Å²) in [6, 6.07) is 4.61. The van der Waals surface area contributed by atoms with Gasteiger partial charge in [0.1, 0.15) is 0 Å². The molecule has 0 radical (unpaired) electrons. The lowest BCUT2D eigenvalue weighted by molar-refractivity contribution is 0.0175. The van der Waals surface area contributed by atoms with Gasteiger partial charge in [0, 0.05) is 18.2 Å². The molecule has 0 fully saturated rings.